The topological polar surface area (TPSA) is 93.1 Å². The van der Waals surface area contributed by atoms with E-state index in [9.17, 15) is 27.6 Å². The van der Waals surface area contributed by atoms with Gasteiger partial charge in [0.15, 0.2) is 0 Å². The second-order valence-electron chi connectivity index (χ2n) is 7.81. The number of halogens is 3. The molecule has 0 atom stereocenters. The van der Waals surface area contributed by atoms with E-state index in [0.29, 0.717) is 5.69 Å². The van der Waals surface area contributed by atoms with Crippen molar-refractivity contribution in [2.24, 2.45) is 0 Å². The second-order valence-corrected chi connectivity index (χ2v) is 7.81. The van der Waals surface area contributed by atoms with Crippen molar-refractivity contribution < 1.29 is 27.6 Å². The Bertz CT molecular complexity index is 1280. The summed E-state index contributed by atoms with van der Waals surface area (Å²) in [6.07, 6.45) is -4.54. The predicted molar refractivity (Wildman–Crippen MR) is 120 cm³/mol. The number of anilines is 1. The van der Waals surface area contributed by atoms with Gasteiger partial charge in [0, 0.05) is 5.69 Å². The number of nitrogens with zero attached hydrogens (tertiary/aromatic N) is 2. The number of hydrogen-bond donors (Lipinski definition) is 2. The molecule has 0 aliphatic rings. The Morgan fingerprint density at radius 2 is 1.68 bits per heavy atom. The van der Waals surface area contributed by atoms with Crippen molar-refractivity contribution in [3.05, 3.63) is 76.1 Å². The minimum absolute atomic E-state index is 0.0372. The SMILES string of the molecule is Cc1cccc(NC(=O)CNC(=O)C(=O)c2c(C)nn(-c3cccc(C(F)(F)F)c3)c2C)c1C. The second kappa shape index (κ2) is 9.50. The largest absolute Gasteiger partial charge is 0.416 e. The summed E-state index contributed by atoms with van der Waals surface area (Å²) in [5.41, 5.74) is 2.05. The van der Waals surface area contributed by atoms with Crippen LogP contribution >= 0.6 is 0 Å². The number of carbonyl (C=O) groups excluding carboxylic acids is 3. The molecule has 0 aliphatic carbocycles. The molecule has 2 aromatic carbocycles. The van der Waals surface area contributed by atoms with Gasteiger partial charge in [0.2, 0.25) is 5.91 Å². The summed E-state index contributed by atoms with van der Waals surface area (Å²) >= 11 is 0. The maximum atomic E-state index is 13.1. The van der Waals surface area contributed by atoms with E-state index in [1.54, 1.807) is 12.1 Å². The molecule has 2 amide bonds. The number of nitrogens with one attached hydrogen (secondary N) is 2. The Labute approximate surface area is 194 Å². The van der Waals surface area contributed by atoms with E-state index in [4.69, 9.17) is 0 Å². The lowest BCUT2D eigenvalue weighted by molar-refractivity contribution is -0.137. The number of hydrogen-bond acceptors (Lipinski definition) is 4. The van der Waals surface area contributed by atoms with E-state index < -0.39 is 35.9 Å². The van der Waals surface area contributed by atoms with Crippen molar-refractivity contribution in [1.29, 1.82) is 0 Å². The van der Waals surface area contributed by atoms with Gasteiger partial charge in [0.1, 0.15) is 0 Å². The molecule has 178 valence electrons. The number of carbonyl (C=O) groups is 3. The lowest BCUT2D eigenvalue weighted by Gasteiger charge is -2.11. The highest BCUT2D eigenvalue weighted by Crippen LogP contribution is 2.31. The molecule has 0 bridgehead atoms. The first kappa shape index (κ1) is 24.7. The predicted octanol–water partition coefficient (Wildman–Crippen LogP) is 4.06. The van der Waals surface area contributed by atoms with Crippen LogP contribution in [0.4, 0.5) is 18.9 Å². The van der Waals surface area contributed by atoms with Crippen molar-refractivity contribution in [2.75, 3.05) is 11.9 Å². The molecule has 0 radical (unpaired) electrons. The van der Waals surface area contributed by atoms with Gasteiger partial charge in [0.05, 0.1) is 34.7 Å². The zero-order chi connectivity index (χ0) is 25.2. The smallest absolute Gasteiger partial charge is 0.340 e. The Balaban J connectivity index is 1.74. The number of aromatic nitrogens is 2. The van der Waals surface area contributed by atoms with Gasteiger partial charge in [0.25, 0.3) is 11.7 Å². The van der Waals surface area contributed by atoms with Crippen LogP contribution in [0.3, 0.4) is 0 Å². The molecule has 3 rings (SSSR count). The van der Waals surface area contributed by atoms with Gasteiger partial charge in [-0.2, -0.15) is 18.3 Å². The average Bonchev–Trinajstić information content (AvgIpc) is 3.08. The first-order valence-corrected chi connectivity index (χ1v) is 10.3. The lowest BCUT2D eigenvalue weighted by atomic mass is 10.1. The monoisotopic (exact) mass is 472 g/mol. The van der Waals surface area contributed by atoms with Gasteiger partial charge < -0.3 is 10.6 Å². The van der Waals surface area contributed by atoms with Gasteiger partial charge in [-0.05, 0) is 63.1 Å². The van der Waals surface area contributed by atoms with Crippen molar-refractivity contribution in [2.45, 2.75) is 33.9 Å². The van der Waals surface area contributed by atoms with E-state index in [2.05, 4.69) is 15.7 Å². The Hall–Kier alpha value is -3.95. The molecule has 1 heterocycles. The minimum Gasteiger partial charge on any atom is -0.340 e. The average molecular weight is 472 g/mol. The minimum atomic E-state index is -4.54. The Morgan fingerprint density at radius 1 is 1.00 bits per heavy atom. The van der Waals surface area contributed by atoms with E-state index >= 15 is 0 Å². The fourth-order valence-corrected chi connectivity index (χ4v) is 3.47. The van der Waals surface area contributed by atoms with Crippen molar-refractivity contribution in [3.63, 3.8) is 0 Å². The summed E-state index contributed by atoms with van der Waals surface area (Å²) in [5.74, 6) is -2.47. The van der Waals surface area contributed by atoms with Gasteiger partial charge in [-0.25, -0.2) is 4.68 Å². The molecule has 0 saturated carbocycles. The molecule has 0 spiro atoms. The number of ketones is 1. The summed E-state index contributed by atoms with van der Waals surface area (Å²) in [7, 11) is 0. The summed E-state index contributed by atoms with van der Waals surface area (Å²) in [5, 5.41) is 9.10. The molecule has 0 unspecified atom stereocenters. The molecular weight excluding hydrogens is 449 g/mol. The summed E-state index contributed by atoms with van der Waals surface area (Å²) in [4.78, 5) is 37.4. The van der Waals surface area contributed by atoms with E-state index in [0.717, 1.165) is 23.3 Å². The number of amides is 2. The fraction of sp³-hybridized carbons (Fsp3) is 0.250. The van der Waals surface area contributed by atoms with Crippen LogP contribution in [0.25, 0.3) is 5.69 Å². The van der Waals surface area contributed by atoms with Gasteiger partial charge in [-0.15, -0.1) is 0 Å². The highest BCUT2D eigenvalue weighted by atomic mass is 19.4. The van der Waals surface area contributed by atoms with Crippen LogP contribution in [-0.2, 0) is 15.8 Å². The van der Waals surface area contributed by atoms with Crippen LogP contribution in [-0.4, -0.2) is 33.9 Å². The van der Waals surface area contributed by atoms with Crippen LogP contribution in [0.5, 0.6) is 0 Å². The molecule has 0 saturated heterocycles. The highest BCUT2D eigenvalue weighted by Gasteiger charge is 2.31. The normalized spacial score (nSPS) is 11.3. The molecule has 0 aliphatic heterocycles. The van der Waals surface area contributed by atoms with Gasteiger partial charge >= 0.3 is 6.18 Å². The molecular formula is C24H23F3N4O3. The van der Waals surface area contributed by atoms with Crippen LogP contribution in [0.1, 0.15) is 38.4 Å². The molecule has 2 N–H and O–H groups in total. The molecule has 1 aromatic heterocycles. The van der Waals surface area contributed by atoms with Gasteiger partial charge in [-0.3, -0.25) is 14.4 Å². The third kappa shape index (κ3) is 5.16. The van der Waals surface area contributed by atoms with E-state index in [1.165, 1.54) is 30.7 Å². The number of rotatable bonds is 6. The Kier molecular flexibility index (Phi) is 6.90. The van der Waals surface area contributed by atoms with E-state index in [-0.39, 0.29) is 22.6 Å². The maximum Gasteiger partial charge on any atom is 0.416 e. The molecule has 0 fully saturated rings. The van der Waals surface area contributed by atoms with Crippen LogP contribution in [0.15, 0.2) is 42.5 Å². The first-order chi connectivity index (χ1) is 15.9. The zero-order valence-electron chi connectivity index (χ0n) is 19.0. The first-order valence-electron chi connectivity index (χ1n) is 10.3. The van der Waals surface area contributed by atoms with Crippen molar-refractivity contribution in [3.8, 4) is 5.69 Å². The number of aryl methyl sites for hydroxylation is 2. The molecule has 10 heteroatoms. The lowest BCUT2D eigenvalue weighted by Crippen LogP contribution is -2.37. The van der Waals surface area contributed by atoms with Crippen LogP contribution in [0, 0.1) is 27.7 Å². The van der Waals surface area contributed by atoms with E-state index in [1.807, 2.05) is 19.9 Å². The third-order valence-electron chi connectivity index (χ3n) is 5.43. The highest BCUT2D eigenvalue weighted by molar-refractivity contribution is 6.43. The maximum absolute atomic E-state index is 13.1. The zero-order valence-corrected chi connectivity index (χ0v) is 19.0. The molecule has 34 heavy (non-hydrogen) atoms. The molecule has 7 nitrogen and oxygen atoms in total. The standard InChI is InChI=1S/C24H23F3N4O3/c1-13-7-5-10-19(14(13)2)29-20(32)12-28-23(34)22(33)21-15(3)30-31(16(21)4)18-9-6-8-17(11-18)24(25,26)27/h5-11H,12H2,1-4H3,(H,28,34)(H,29,32). The summed E-state index contributed by atoms with van der Waals surface area (Å²) in [6.45, 7) is 6.27. The Morgan fingerprint density at radius 3 is 2.35 bits per heavy atom. The number of alkyl halides is 3. The fourth-order valence-electron chi connectivity index (χ4n) is 3.47. The third-order valence-corrected chi connectivity index (χ3v) is 5.43. The number of Topliss-reactive ketones (excluding diaryl/α,β-unsaturated/α-hetero) is 1. The van der Waals surface area contributed by atoms with Crippen LogP contribution < -0.4 is 10.6 Å². The van der Waals surface area contributed by atoms with Gasteiger partial charge in [-0.1, -0.05) is 18.2 Å². The summed E-state index contributed by atoms with van der Waals surface area (Å²) < 4.78 is 40.4. The van der Waals surface area contributed by atoms with Crippen molar-refractivity contribution in [1.82, 2.24) is 15.1 Å². The van der Waals surface area contributed by atoms with Crippen LogP contribution in [0.2, 0.25) is 0 Å². The quantitative estimate of drug-likeness (QED) is 0.418. The number of benzene rings is 2. The summed E-state index contributed by atoms with van der Waals surface area (Å²) in [6, 6.07) is 9.90. The van der Waals surface area contributed by atoms with Crippen molar-refractivity contribution >= 4 is 23.3 Å². The molecule has 3 aromatic rings.